The summed E-state index contributed by atoms with van der Waals surface area (Å²) in [5.74, 6) is 0. The Morgan fingerprint density at radius 2 is 2.09 bits per heavy atom. The Kier molecular flexibility index (Phi) is 4.32. The van der Waals surface area contributed by atoms with Gasteiger partial charge in [0.05, 0.1) is 0 Å². The topological polar surface area (TPSA) is 95.9 Å². The van der Waals surface area contributed by atoms with Gasteiger partial charge in [0.15, 0.2) is 0 Å². The largest absolute Gasteiger partial charge is 0.704 e. The highest BCUT2D eigenvalue weighted by atomic mass is 31.2. The Labute approximate surface area is 65.1 Å². The van der Waals surface area contributed by atoms with E-state index >= 15 is 0 Å². The first-order valence-corrected chi connectivity index (χ1v) is 5.51. The van der Waals surface area contributed by atoms with E-state index in [1.165, 1.54) is 0 Å². The lowest BCUT2D eigenvalue weighted by Gasteiger charge is -2.07. The molecule has 0 spiro atoms. The Morgan fingerprint density at radius 1 is 1.64 bits per heavy atom. The molecule has 0 amide bonds. The molecule has 66 valence electrons. The Balaban J connectivity index is 4.01. The van der Waals surface area contributed by atoms with Crippen molar-refractivity contribution in [3.63, 3.8) is 0 Å². The summed E-state index contributed by atoms with van der Waals surface area (Å²) in [5, 5.41) is 2.10. The molecule has 0 fully saturated rings. The van der Waals surface area contributed by atoms with Crippen molar-refractivity contribution in [3.8, 4) is 0 Å². The monoisotopic (exact) mass is 202 g/mol. The Bertz CT molecular complexity index is 192. The molecule has 0 aliphatic carbocycles. The van der Waals surface area contributed by atoms with Crippen LogP contribution in [0.25, 0.3) is 0 Å². The van der Waals surface area contributed by atoms with E-state index in [1.807, 2.05) is 0 Å². The zero-order valence-electron chi connectivity index (χ0n) is 6.09. The normalized spacial score (nSPS) is 18.1. The van der Waals surface area contributed by atoms with Gasteiger partial charge in [-0.3, -0.25) is 0 Å². The molecular weight excluding hydrogens is 192 g/mol. The smallest absolute Gasteiger partial charge is 0.310 e. The minimum absolute atomic E-state index is 0.291. The lowest BCUT2D eigenvalue weighted by molar-refractivity contribution is 0.335. The highest BCUT2D eigenvalue weighted by Gasteiger charge is 2.32. The van der Waals surface area contributed by atoms with Crippen LogP contribution in [0.15, 0.2) is 0 Å². The lowest BCUT2D eigenvalue weighted by Crippen LogP contribution is -2.19. The SMILES string of the molecule is CC(C)NP(=O)(O)O[P+](=O)O. The van der Waals surface area contributed by atoms with Crippen LogP contribution in [-0.2, 0) is 13.4 Å². The first-order valence-electron chi connectivity index (χ1n) is 2.80. The molecule has 0 saturated heterocycles. The highest BCUT2D eigenvalue weighted by molar-refractivity contribution is 7.58. The average Bonchev–Trinajstić information content (AvgIpc) is 1.53. The van der Waals surface area contributed by atoms with Crippen LogP contribution < -0.4 is 5.09 Å². The molecule has 0 saturated carbocycles. The standard InChI is InChI=1S/C3H9NO5P2/c1-3(2)4-11(7,8)9-10(5)6/h3H,1-2H3,(H2-,4,5,6,7,8)/p+1. The van der Waals surface area contributed by atoms with Gasteiger partial charge in [-0.2, -0.15) is 0 Å². The minimum Gasteiger partial charge on any atom is -0.310 e. The predicted octanol–water partition coefficient (Wildman–Crippen LogP) is 0.751. The lowest BCUT2D eigenvalue weighted by atomic mass is 10.4. The first kappa shape index (κ1) is 11.2. The van der Waals surface area contributed by atoms with Gasteiger partial charge in [-0.05, 0) is 18.2 Å². The van der Waals surface area contributed by atoms with Crippen molar-refractivity contribution < 1.29 is 23.2 Å². The number of hydrogen-bond acceptors (Lipinski definition) is 3. The van der Waals surface area contributed by atoms with Crippen molar-refractivity contribution in [2.45, 2.75) is 19.9 Å². The maximum Gasteiger partial charge on any atom is 0.704 e. The van der Waals surface area contributed by atoms with Crippen molar-refractivity contribution in [2.24, 2.45) is 0 Å². The van der Waals surface area contributed by atoms with Gasteiger partial charge in [-0.25, -0.2) is 9.65 Å². The first-order chi connectivity index (χ1) is 4.83. The summed E-state index contributed by atoms with van der Waals surface area (Å²) in [6.07, 6.45) is 0. The molecule has 0 aromatic heterocycles. The fourth-order valence-electron chi connectivity index (χ4n) is 0.445. The second kappa shape index (κ2) is 4.26. The maximum atomic E-state index is 10.7. The van der Waals surface area contributed by atoms with Crippen LogP contribution in [0.4, 0.5) is 0 Å². The van der Waals surface area contributed by atoms with Crippen molar-refractivity contribution in [3.05, 3.63) is 0 Å². The number of hydrogen-bond donors (Lipinski definition) is 3. The van der Waals surface area contributed by atoms with Crippen molar-refractivity contribution in [2.75, 3.05) is 0 Å². The zero-order valence-corrected chi connectivity index (χ0v) is 7.88. The third-order valence-corrected chi connectivity index (χ3v) is 2.89. The second-order valence-corrected chi connectivity index (χ2v) is 4.55. The van der Waals surface area contributed by atoms with Crippen molar-refractivity contribution in [1.29, 1.82) is 0 Å². The van der Waals surface area contributed by atoms with Crippen molar-refractivity contribution in [1.82, 2.24) is 5.09 Å². The number of rotatable bonds is 4. The van der Waals surface area contributed by atoms with E-state index in [4.69, 9.17) is 9.79 Å². The van der Waals surface area contributed by atoms with Crippen LogP contribution in [0.2, 0.25) is 0 Å². The molecule has 0 aliphatic rings. The fourth-order valence-corrected chi connectivity index (χ4v) is 2.04. The van der Waals surface area contributed by atoms with E-state index < -0.39 is 16.0 Å². The van der Waals surface area contributed by atoms with Gasteiger partial charge in [0, 0.05) is 10.6 Å². The van der Waals surface area contributed by atoms with Crippen LogP contribution >= 0.6 is 16.0 Å². The van der Waals surface area contributed by atoms with Gasteiger partial charge in [0.1, 0.15) is 0 Å². The molecule has 0 rings (SSSR count). The molecule has 0 radical (unpaired) electrons. The van der Waals surface area contributed by atoms with E-state index in [0.717, 1.165) is 0 Å². The van der Waals surface area contributed by atoms with E-state index in [1.54, 1.807) is 13.8 Å². The summed E-state index contributed by atoms with van der Waals surface area (Å²) in [6, 6.07) is -0.291. The van der Waals surface area contributed by atoms with Crippen molar-refractivity contribution >= 4 is 16.0 Å². The van der Waals surface area contributed by atoms with E-state index in [0.29, 0.717) is 0 Å². The summed E-state index contributed by atoms with van der Waals surface area (Å²) in [5.41, 5.74) is 0. The van der Waals surface area contributed by atoms with E-state index in [-0.39, 0.29) is 6.04 Å². The van der Waals surface area contributed by atoms with E-state index in [2.05, 4.69) is 9.40 Å². The molecule has 8 heteroatoms. The summed E-state index contributed by atoms with van der Waals surface area (Å²) < 4.78 is 24.5. The zero-order chi connectivity index (χ0) is 9.07. The molecule has 0 heterocycles. The van der Waals surface area contributed by atoms with Crippen LogP contribution in [0, 0.1) is 0 Å². The van der Waals surface area contributed by atoms with Gasteiger partial charge < -0.3 is 4.89 Å². The Hall–Kier alpha value is 0.170. The average molecular weight is 202 g/mol. The number of nitrogens with one attached hydrogen (secondary N) is 1. The van der Waals surface area contributed by atoms with Crippen LogP contribution in [0.3, 0.4) is 0 Å². The Morgan fingerprint density at radius 3 is 2.36 bits per heavy atom. The van der Waals surface area contributed by atoms with Gasteiger partial charge in [-0.15, -0.1) is 4.89 Å². The van der Waals surface area contributed by atoms with Crippen LogP contribution in [0.5, 0.6) is 0 Å². The molecule has 2 unspecified atom stereocenters. The fraction of sp³-hybridized carbons (Fsp3) is 1.00. The quantitative estimate of drug-likeness (QED) is 0.582. The summed E-state index contributed by atoms with van der Waals surface area (Å²) in [7, 11) is -7.13. The molecule has 0 aromatic rings. The second-order valence-electron chi connectivity index (χ2n) is 2.12. The third kappa shape index (κ3) is 6.56. The highest BCUT2D eigenvalue weighted by Crippen LogP contribution is 2.46. The van der Waals surface area contributed by atoms with Gasteiger partial charge >= 0.3 is 16.0 Å². The van der Waals surface area contributed by atoms with E-state index in [9.17, 15) is 9.13 Å². The molecule has 0 bridgehead atoms. The summed E-state index contributed by atoms with van der Waals surface area (Å²) in [6.45, 7) is 3.22. The molecule has 11 heavy (non-hydrogen) atoms. The molecule has 3 N–H and O–H groups in total. The minimum atomic E-state index is -4.09. The molecular formula is C3H10NO5P2+. The summed E-state index contributed by atoms with van der Waals surface area (Å²) >= 11 is 0. The van der Waals surface area contributed by atoms with Gasteiger partial charge in [0.25, 0.3) is 0 Å². The maximum absolute atomic E-state index is 10.7. The van der Waals surface area contributed by atoms with Gasteiger partial charge in [-0.1, -0.05) is 0 Å². The van der Waals surface area contributed by atoms with Crippen LogP contribution in [0.1, 0.15) is 13.8 Å². The predicted molar refractivity (Wildman–Crippen MR) is 39.0 cm³/mol. The molecule has 6 nitrogen and oxygen atoms in total. The third-order valence-electron chi connectivity index (χ3n) is 0.602. The molecule has 2 atom stereocenters. The molecule has 0 aromatic carbocycles. The summed E-state index contributed by atoms with van der Waals surface area (Å²) in [4.78, 5) is 16.8. The van der Waals surface area contributed by atoms with Gasteiger partial charge in [0.2, 0.25) is 0 Å². The molecule has 0 aliphatic heterocycles. The van der Waals surface area contributed by atoms with Crippen LogP contribution in [-0.4, -0.2) is 15.8 Å².